The van der Waals surface area contributed by atoms with E-state index in [9.17, 15) is 4.79 Å². The van der Waals surface area contributed by atoms with Crippen LogP contribution in [0.2, 0.25) is 0 Å². The second kappa shape index (κ2) is 6.17. The maximum atomic E-state index is 12.4. The molecule has 6 nitrogen and oxygen atoms in total. The molecule has 3 aromatic heterocycles. The van der Waals surface area contributed by atoms with Crippen molar-refractivity contribution < 1.29 is 0 Å². The summed E-state index contributed by atoms with van der Waals surface area (Å²) in [6.45, 7) is 2.38. The van der Waals surface area contributed by atoms with Crippen LogP contribution in [-0.2, 0) is 6.54 Å². The maximum Gasteiger partial charge on any atom is 0.290 e. The van der Waals surface area contributed by atoms with Crippen molar-refractivity contribution in [3.8, 4) is 11.3 Å². The van der Waals surface area contributed by atoms with E-state index in [0.717, 1.165) is 11.3 Å². The second-order valence-corrected chi connectivity index (χ2v) is 4.67. The van der Waals surface area contributed by atoms with E-state index in [1.807, 2.05) is 31.2 Å². The monoisotopic (exact) mass is 293 g/mol. The van der Waals surface area contributed by atoms with Crippen LogP contribution in [-0.4, -0.2) is 19.7 Å². The highest BCUT2D eigenvalue weighted by Crippen LogP contribution is 2.19. The van der Waals surface area contributed by atoms with Crippen molar-refractivity contribution >= 4 is 11.4 Å². The van der Waals surface area contributed by atoms with Gasteiger partial charge in [-0.25, -0.2) is 4.68 Å². The molecule has 0 saturated heterocycles. The molecule has 22 heavy (non-hydrogen) atoms. The number of hydrogen-bond donors (Lipinski definition) is 1. The summed E-state index contributed by atoms with van der Waals surface area (Å²) in [5, 5.41) is 7.47. The van der Waals surface area contributed by atoms with E-state index in [-0.39, 0.29) is 5.56 Å². The second-order valence-electron chi connectivity index (χ2n) is 4.67. The molecule has 0 bridgehead atoms. The third kappa shape index (κ3) is 2.85. The van der Waals surface area contributed by atoms with Gasteiger partial charge in [-0.3, -0.25) is 14.8 Å². The Kier molecular flexibility index (Phi) is 3.91. The molecule has 0 spiro atoms. The van der Waals surface area contributed by atoms with Gasteiger partial charge in [-0.05, 0) is 37.3 Å². The Hall–Kier alpha value is -3.02. The largest absolute Gasteiger partial charge is 0.350 e. The summed E-state index contributed by atoms with van der Waals surface area (Å²) in [4.78, 5) is 20.5. The fraction of sp³-hybridized carbons (Fsp3) is 0.125. The van der Waals surface area contributed by atoms with Crippen molar-refractivity contribution in [3.05, 3.63) is 65.5 Å². The molecule has 0 atom stereocenters. The van der Waals surface area contributed by atoms with E-state index in [1.165, 1.54) is 4.68 Å². The number of nitrogens with zero attached hydrogens (tertiary/aromatic N) is 4. The van der Waals surface area contributed by atoms with Crippen LogP contribution in [0.3, 0.4) is 0 Å². The van der Waals surface area contributed by atoms with E-state index < -0.39 is 0 Å². The normalized spacial score (nSPS) is 10.4. The van der Waals surface area contributed by atoms with Gasteiger partial charge in [0.15, 0.2) is 0 Å². The van der Waals surface area contributed by atoms with E-state index in [4.69, 9.17) is 0 Å². The zero-order valence-electron chi connectivity index (χ0n) is 12.1. The SMILES string of the molecule is CCn1nc(-c2cccnc2)cc(Nc2cccnc2)c1=O. The van der Waals surface area contributed by atoms with Crippen molar-refractivity contribution in [1.82, 2.24) is 19.7 Å². The molecule has 0 unspecified atom stereocenters. The smallest absolute Gasteiger partial charge is 0.290 e. The van der Waals surface area contributed by atoms with Crippen molar-refractivity contribution in [1.29, 1.82) is 0 Å². The Morgan fingerprint density at radius 3 is 2.55 bits per heavy atom. The summed E-state index contributed by atoms with van der Waals surface area (Å²) in [6, 6.07) is 9.15. The Morgan fingerprint density at radius 2 is 1.91 bits per heavy atom. The summed E-state index contributed by atoms with van der Waals surface area (Å²) >= 11 is 0. The lowest BCUT2D eigenvalue weighted by atomic mass is 10.2. The van der Waals surface area contributed by atoms with Gasteiger partial charge in [0.25, 0.3) is 5.56 Å². The first-order chi connectivity index (χ1) is 10.8. The summed E-state index contributed by atoms with van der Waals surface area (Å²) in [5.41, 5.74) is 2.60. The van der Waals surface area contributed by atoms with Crippen LogP contribution in [0.15, 0.2) is 59.9 Å². The van der Waals surface area contributed by atoms with Crippen LogP contribution < -0.4 is 10.9 Å². The van der Waals surface area contributed by atoms with Crippen molar-refractivity contribution in [2.75, 3.05) is 5.32 Å². The first kappa shape index (κ1) is 13.9. The Morgan fingerprint density at radius 1 is 1.14 bits per heavy atom. The molecule has 0 saturated carbocycles. The number of aryl methyl sites for hydroxylation is 1. The minimum atomic E-state index is -0.168. The highest BCUT2D eigenvalue weighted by atomic mass is 16.1. The van der Waals surface area contributed by atoms with Gasteiger partial charge in [0.05, 0.1) is 17.6 Å². The number of pyridine rings is 2. The predicted octanol–water partition coefficient (Wildman–Crippen LogP) is 2.46. The molecule has 0 aliphatic heterocycles. The highest BCUT2D eigenvalue weighted by molar-refractivity contribution is 5.65. The molecular weight excluding hydrogens is 278 g/mol. The molecule has 3 rings (SSSR count). The molecule has 0 amide bonds. The minimum Gasteiger partial charge on any atom is -0.350 e. The minimum absolute atomic E-state index is 0.168. The van der Waals surface area contributed by atoms with Gasteiger partial charge in [0.1, 0.15) is 5.69 Å². The fourth-order valence-electron chi connectivity index (χ4n) is 2.09. The Labute approximate surface area is 127 Å². The van der Waals surface area contributed by atoms with Crippen LogP contribution in [0.5, 0.6) is 0 Å². The molecule has 0 fully saturated rings. The molecule has 3 heterocycles. The van der Waals surface area contributed by atoms with Crippen LogP contribution in [0, 0.1) is 0 Å². The number of nitrogens with one attached hydrogen (secondary N) is 1. The fourth-order valence-corrected chi connectivity index (χ4v) is 2.09. The van der Waals surface area contributed by atoms with E-state index in [1.54, 1.807) is 30.9 Å². The average molecular weight is 293 g/mol. The topological polar surface area (TPSA) is 72.7 Å². The lowest BCUT2D eigenvalue weighted by Crippen LogP contribution is -2.24. The predicted molar refractivity (Wildman–Crippen MR) is 84.9 cm³/mol. The van der Waals surface area contributed by atoms with Crippen molar-refractivity contribution in [2.45, 2.75) is 13.5 Å². The Balaban J connectivity index is 2.07. The van der Waals surface area contributed by atoms with Gasteiger partial charge < -0.3 is 5.32 Å². The van der Waals surface area contributed by atoms with Gasteiger partial charge in [0.2, 0.25) is 0 Å². The molecule has 3 aromatic rings. The molecule has 110 valence electrons. The summed E-state index contributed by atoms with van der Waals surface area (Å²) in [6.07, 6.45) is 6.78. The molecule has 0 aromatic carbocycles. The average Bonchev–Trinajstić information content (AvgIpc) is 2.58. The van der Waals surface area contributed by atoms with Crippen LogP contribution in [0.4, 0.5) is 11.4 Å². The molecule has 0 aliphatic carbocycles. The lowest BCUT2D eigenvalue weighted by Gasteiger charge is -2.10. The maximum absolute atomic E-state index is 12.4. The summed E-state index contributed by atoms with van der Waals surface area (Å²) < 4.78 is 1.43. The van der Waals surface area contributed by atoms with Crippen molar-refractivity contribution in [3.63, 3.8) is 0 Å². The number of aromatic nitrogens is 4. The molecule has 0 aliphatic rings. The quantitative estimate of drug-likeness (QED) is 0.800. The van der Waals surface area contributed by atoms with Gasteiger partial charge in [-0.2, -0.15) is 5.10 Å². The van der Waals surface area contributed by atoms with E-state index in [2.05, 4.69) is 20.4 Å². The third-order valence-electron chi connectivity index (χ3n) is 3.17. The van der Waals surface area contributed by atoms with Crippen LogP contribution in [0.25, 0.3) is 11.3 Å². The first-order valence-corrected chi connectivity index (χ1v) is 6.97. The van der Waals surface area contributed by atoms with E-state index >= 15 is 0 Å². The molecule has 6 heteroatoms. The van der Waals surface area contributed by atoms with Gasteiger partial charge >= 0.3 is 0 Å². The van der Waals surface area contributed by atoms with Gasteiger partial charge in [-0.15, -0.1) is 0 Å². The number of hydrogen-bond acceptors (Lipinski definition) is 5. The van der Waals surface area contributed by atoms with Gasteiger partial charge in [0, 0.05) is 30.7 Å². The summed E-state index contributed by atoms with van der Waals surface area (Å²) in [7, 11) is 0. The summed E-state index contributed by atoms with van der Waals surface area (Å²) in [5.74, 6) is 0. The van der Waals surface area contributed by atoms with Crippen LogP contribution in [0.1, 0.15) is 6.92 Å². The first-order valence-electron chi connectivity index (χ1n) is 6.97. The number of anilines is 2. The highest BCUT2D eigenvalue weighted by Gasteiger charge is 2.09. The molecule has 0 radical (unpaired) electrons. The van der Waals surface area contributed by atoms with Crippen LogP contribution >= 0.6 is 0 Å². The third-order valence-corrected chi connectivity index (χ3v) is 3.17. The zero-order valence-corrected chi connectivity index (χ0v) is 12.1. The number of rotatable bonds is 4. The lowest BCUT2D eigenvalue weighted by molar-refractivity contribution is 0.621. The zero-order chi connectivity index (χ0) is 15.4. The van der Waals surface area contributed by atoms with Crippen molar-refractivity contribution in [2.24, 2.45) is 0 Å². The van der Waals surface area contributed by atoms with E-state index in [0.29, 0.717) is 17.9 Å². The molecule has 1 N–H and O–H groups in total. The molecular formula is C16H15N5O. The Bertz CT molecular complexity index is 815. The van der Waals surface area contributed by atoms with Gasteiger partial charge in [-0.1, -0.05) is 0 Å². The standard InChI is InChI=1S/C16H15N5O/c1-2-21-16(22)15(19-13-6-4-8-18-11-13)9-14(20-21)12-5-3-7-17-10-12/h3-11,19H,2H2,1H3.